The summed E-state index contributed by atoms with van der Waals surface area (Å²) in [7, 11) is 3.15. The number of nitrogen functional groups attached to an aromatic ring is 1. The number of aliphatic hydroxyl groups is 2. The van der Waals surface area contributed by atoms with Crippen LogP contribution in [0.15, 0.2) is 30.3 Å². The summed E-state index contributed by atoms with van der Waals surface area (Å²) in [5.41, 5.74) is 10.0. The Morgan fingerprint density at radius 3 is 2.13 bits per heavy atom. The van der Waals surface area contributed by atoms with Gasteiger partial charge in [-0.05, 0) is 47.7 Å². The van der Waals surface area contributed by atoms with E-state index in [1.165, 1.54) is 0 Å². The second-order valence-corrected chi connectivity index (χ2v) is 5.33. The quantitative estimate of drug-likeness (QED) is 0.681. The van der Waals surface area contributed by atoms with Crippen LogP contribution in [0.4, 0.5) is 5.69 Å². The van der Waals surface area contributed by atoms with Gasteiger partial charge in [-0.15, -0.1) is 0 Å². The van der Waals surface area contributed by atoms with E-state index in [2.05, 4.69) is 0 Å². The molecule has 0 fully saturated rings. The van der Waals surface area contributed by atoms with E-state index in [1.807, 2.05) is 30.3 Å². The lowest BCUT2D eigenvalue weighted by atomic mass is 9.98. The Kier molecular flexibility index (Phi) is 5.84. The van der Waals surface area contributed by atoms with Crippen LogP contribution in [0, 0.1) is 0 Å². The zero-order valence-electron chi connectivity index (χ0n) is 13.5. The fourth-order valence-corrected chi connectivity index (χ4v) is 2.64. The Labute approximate surface area is 136 Å². The molecule has 124 valence electrons. The number of rotatable bonds is 7. The maximum absolute atomic E-state index is 9.48. The Morgan fingerprint density at radius 2 is 1.57 bits per heavy atom. The molecule has 0 atom stereocenters. The van der Waals surface area contributed by atoms with E-state index in [-0.39, 0.29) is 13.2 Å². The summed E-state index contributed by atoms with van der Waals surface area (Å²) in [6.07, 6.45) is 1.58. The lowest BCUT2D eigenvalue weighted by Crippen LogP contribution is -2.02. The average Bonchev–Trinajstić information content (AvgIpc) is 2.58. The molecule has 2 aromatic rings. The number of nitrogens with two attached hydrogens (primary N) is 1. The first-order chi connectivity index (χ1) is 11.1. The molecule has 0 spiro atoms. The van der Waals surface area contributed by atoms with Gasteiger partial charge in [-0.2, -0.15) is 0 Å². The van der Waals surface area contributed by atoms with Gasteiger partial charge in [0.2, 0.25) is 0 Å². The van der Waals surface area contributed by atoms with Crippen molar-refractivity contribution >= 4 is 5.69 Å². The molecule has 0 aliphatic heterocycles. The van der Waals surface area contributed by atoms with E-state index in [0.717, 1.165) is 24.0 Å². The molecule has 0 aromatic heterocycles. The maximum Gasteiger partial charge on any atom is 0.141 e. The summed E-state index contributed by atoms with van der Waals surface area (Å²) in [4.78, 5) is 0. The summed E-state index contributed by atoms with van der Waals surface area (Å²) >= 11 is 0. The monoisotopic (exact) mass is 317 g/mol. The van der Waals surface area contributed by atoms with Gasteiger partial charge in [-0.25, -0.2) is 0 Å². The summed E-state index contributed by atoms with van der Waals surface area (Å²) in [6, 6.07) is 9.56. The van der Waals surface area contributed by atoms with Crippen LogP contribution in [-0.2, 0) is 26.1 Å². The first-order valence-corrected chi connectivity index (χ1v) is 7.45. The van der Waals surface area contributed by atoms with Crippen molar-refractivity contribution in [2.24, 2.45) is 0 Å². The molecule has 0 saturated heterocycles. The Balaban J connectivity index is 2.18. The Bertz CT molecular complexity index is 645. The van der Waals surface area contributed by atoms with E-state index in [0.29, 0.717) is 28.3 Å². The summed E-state index contributed by atoms with van der Waals surface area (Å²) < 4.78 is 10.5. The van der Waals surface area contributed by atoms with Crippen molar-refractivity contribution < 1.29 is 19.7 Å². The van der Waals surface area contributed by atoms with Gasteiger partial charge in [0.15, 0.2) is 0 Å². The SMILES string of the molecule is COc1ccc(CCc2cc(CO)c(CO)c(OC)c2)cc1N. The van der Waals surface area contributed by atoms with Crippen LogP contribution in [-0.4, -0.2) is 24.4 Å². The highest BCUT2D eigenvalue weighted by atomic mass is 16.5. The van der Waals surface area contributed by atoms with Gasteiger partial charge in [0.05, 0.1) is 33.1 Å². The Hall–Kier alpha value is -2.24. The molecule has 0 amide bonds. The second kappa shape index (κ2) is 7.85. The van der Waals surface area contributed by atoms with Crippen molar-refractivity contribution in [2.75, 3.05) is 20.0 Å². The average molecular weight is 317 g/mol. The van der Waals surface area contributed by atoms with E-state index in [4.69, 9.17) is 15.2 Å². The molecule has 5 heteroatoms. The van der Waals surface area contributed by atoms with Gasteiger partial charge < -0.3 is 25.4 Å². The molecule has 5 nitrogen and oxygen atoms in total. The van der Waals surface area contributed by atoms with Crippen molar-refractivity contribution in [1.82, 2.24) is 0 Å². The van der Waals surface area contributed by atoms with Gasteiger partial charge in [0, 0.05) is 5.56 Å². The van der Waals surface area contributed by atoms with Crippen LogP contribution < -0.4 is 15.2 Å². The predicted octanol–water partition coefficient (Wildman–Crippen LogP) is 2.06. The highest BCUT2D eigenvalue weighted by molar-refractivity contribution is 5.54. The van der Waals surface area contributed by atoms with E-state index < -0.39 is 0 Å². The predicted molar refractivity (Wildman–Crippen MR) is 89.7 cm³/mol. The highest BCUT2D eigenvalue weighted by Gasteiger charge is 2.11. The highest BCUT2D eigenvalue weighted by Crippen LogP contribution is 2.27. The number of anilines is 1. The molecule has 23 heavy (non-hydrogen) atoms. The van der Waals surface area contributed by atoms with E-state index in [9.17, 15) is 10.2 Å². The number of aryl methyl sites for hydroxylation is 2. The zero-order valence-corrected chi connectivity index (χ0v) is 13.5. The first-order valence-electron chi connectivity index (χ1n) is 7.45. The van der Waals surface area contributed by atoms with Crippen molar-refractivity contribution in [2.45, 2.75) is 26.1 Å². The first kappa shape index (κ1) is 17.1. The second-order valence-electron chi connectivity index (χ2n) is 5.33. The van der Waals surface area contributed by atoms with Crippen molar-refractivity contribution in [3.8, 4) is 11.5 Å². The van der Waals surface area contributed by atoms with E-state index in [1.54, 1.807) is 14.2 Å². The summed E-state index contributed by atoms with van der Waals surface area (Å²) in [5.74, 6) is 1.27. The van der Waals surface area contributed by atoms with Crippen LogP contribution >= 0.6 is 0 Å². The third-order valence-corrected chi connectivity index (χ3v) is 3.91. The van der Waals surface area contributed by atoms with Crippen LogP contribution in [0.5, 0.6) is 11.5 Å². The molecule has 0 saturated carbocycles. The topological polar surface area (TPSA) is 84.9 Å². The Morgan fingerprint density at radius 1 is 0.870 bits per heavy atom. The lowest BCUT2D eigenvalue weighted by molar-refractivity contribution is 0.254. The number of benzene rings is 2. The maximum atomic E-state index is 9.48. The molecule has 0 unspecified atom stereocenters. The van der Waals surface area contributed by atoms with Crippen LogP contribution in [0.3, 0.4) is 0 Å². The van der Waals surface area contributed by atoms with Crippen LogP contribution in [0.1, 0.15) is 22.3 Å². The van der Waals surface area contributed by atoms with Gasteiger partial charge >= 0.3 is 0 Å². The number of ether oxygens (including phenoxy) is 2. The molecular weight excluding hydrogens is 294 g/mol. The molecule has 0 heterocycles. The number of aliphatic hydroxyl groups excluding tert-OH is 2. The fraction of sp³-hybridized carbons (Fsp3) is 0.333. The molecule has 0 aliphatic carbocycles. The molecule has 2 aromatic carbocycles. The summed E-state index contributed by atoms with van der Waals surface area (Å²) in [6.45, 7) is -0.288. The normalized spacial score (nSPS) is 10.6. The van der Waals surface area contributed by atoms with Crippen LogP contribution in [0.2, 0.25) is 0 Å². The minimum Gasteiger partial charge on any atom is -0.496 e. The molecule has 4 N–H and O–H groups in total. The molecule has 0 radical (unpaired) electrons. The largest absolute Gasteiger partial charge is 0.496 e. The third kappa shape index (κ3) is 3.94. The fourth-order valence-electron chi connectivity index (χ4n) is 2.64. The lowest BCUT2D eigenvalue weighted by Gasteiger charge is -2.14. The zero-order chi connectivity index (χ0) is 16.8. The van der Waals surface area contributed by atoms with Gasteiger partial charge in [-0.1, -0.05) is 12.1 Å². The van der Waals surface area contributed by atoms with Gasteiger partial charge in [0.1, 0.15) is 11.5 Å². The van der Waals surface area contributed by atoms with Crippen molar-refractivity contribution in [3.05, 3.63) is 52.6 Å². The number of hydrogen-bond acceptors (Lipinski definition) is 5. The van der Waals surface area contributed by atoms with Crippen LogP contribution in [0.25, 0.3) is 0 Å². The minimum atomic E-state index is -0.158. The van der Waals surface area contributed by atoms with Gasteiger partial charge in [-0.3, -0.25) is 0 Å². The van der Waals surface area contributed by atoms with Gasteiger partial charge in [0.25, 0.3) is 0 Å². The van der Waals surface area contributed by atoms with Crippen molar-refractivity contribution in [3.63, 3.8) is 0 Å². The minimum absolute atomic E-state index is 0.129. The number of hydrogen-bond donors (Lipinski definition) is 3. The molecular formula is C18H23NO4. The standard InChI is InChI=1S/C18H23NO4/c1-22-17-6-5-12(8-16(17)19)3-4-13-7-14(10-20)15(11-21)18(9-13)23-2/h5-9,20-21H,3-4,10-11,19H2,1-2H3. The summed E-state index contributed by atoms with van der Waals surface area (Å²) in [5, 5.41) is 18.9. The van der Waals surface area contributed by atoms with Crippen molar-refractivity contribution in [1.29, 1.82) is 0 Å². The molecule has 0 bridgehead atoms. The van der Waals surface area contributed by atoms with E-state index >= 15 is 0 Å². The smallest absolute Gasteiger partial charge is 0.141 e. The molecule has 0 aliphatic rings. The third-order valence-electron chi connectivity index (χ3n) is 3.91. The molecule has 2 rings (SSSR count). The number of methoxy groups -OCH3 is 2.